The first-order valence-electron chi connectivity index (χ1n) is 11.2. The standard InChI is InChI=1S/C23H34FN3O3/c1-2-30-23(29)26-14-12-20(13-15-26)25-22(28)17-27(21-6-4-3-5-7-21)16-18-8-10-19(24)11-9-18/h8-11,20-21H,2-7,12-17H2,1H3,(H,25,28). The molecule has 7 heteroatoms. The van der Waals surface area contributed by atoms with Gasteiger partial charge in [-0.15, -0.1) is 0 Å². The molecule has 30 heavy (non-hydrogen) atoms. The zero-order valence-corrected chi connectivity index (χ0v) is 17.9. The summed E-state index contributed by atoms with van der Waals surface area (Å²) in [5, 5.41) is 3.16. The molecule has 1 aliphatic carbocycles. The van der Waals surface area contributed by atoms with Crippen LogP contribution in [-0.4, -0.2) is 60.1 Å². The Bertz CT molecular complexity index is 683. The molecule has 0 aromatic heterocycles. The molecule has 2 amide bonds. The number of amides is 2. The fraction of sp³-hybridized carbons (Fsp3) is 0.652. The van der Waals surface area contributed by atoms with E-state index in [1.807, 2.05) is 0 Å². The number of nitrogens with zero attached hydrogens (tertiary/aromatic N) is 2. The molecule has 2 fully saturated rings. The van der Waals surface area contributed by atoms with Crippen LogP contribution < -0.4 is 5.32 Å². The second-order valence-electron chi connectivity index (χ2n) is 8.35. The van der Waals surface area contributed by atoms with Crippen LogP contribution in [0.3, 0.4) is 0 Å². The van der Waals surface area contributed by atoms with Crippen LogP contribution >= 0.6 is 0 Å². The quantitative estimate of drug-likeness (QED) is 0.732. The fourth-order valence-electron chi connectivity index (χ4n) is 4.46. The minimum absolute atomic E-state index is 0.0252. The van der Waals surface area contributed by atoms with Gasteiger partial charge in [0.2, 0.25) is 5.91 Å². The van der Waals surface area contributed by atoms with Crippen molar-refractivity contribution in [2.24, 2.45) is 0 Å². The molecule has 3 rings (SSSR count). The number of ether oxygens (including phenoxy) is 1. The van der Waals surface area contributed by atoms with Gasteiger partial charge in [0.15, 0.2) is 0 Å². The molecule has 1 aromatic carbocycles. The van der Waals surface area contributed by atoms with E-state index >= 15 is 0 Å². The van der Waals surface area contributed by atoms with Crippen LogP contribution in [0.1, 0.15) is 57.4 Å². The van der Waals surface area contributed by atoms with Crippen LogP contribution in [0.5, 0.6) is 0 Å². The lowest BCUT2D eigenvalue weighted by Crippen LogP contribution is -2.50. The van der Waals surface area contributed by atoms with Gasteiger partial charge in [0.05, 0.1) is 13.2 Å². The lowest BCUT2D eigenvalue weighted by atomic mass is 9.93. The SMILES string of the molecule is CCOC(=O)N1CCC(NC(=O)CN(Cc2ccc(F)cc2)C2CCCCC2)CC1. The number of carbonyl (C=O) groups excluding carboxylic acids is 2. The number of benzene rings is 1. The first kappa shape index (κ1) is 22.5. The molecule has 0 atom stereocenters. The molecule has 1 saturated heterocycles. The number of piperidine rings is 1. The Hall–Kier alpha value is -2.15. The van der Waals surface area contributed by atoms with Gasteiger partial charge in [-0.05, 0) is 50.3 Å². The maximum absolute atomic E-state index is 13.3. The van der Waals surface area contributed by atoms with Gasteiger partial charge < -0.3 is 15.0 Å². The topological polar surface area (TPSA) is 61.9 Å². The Kier molecular flexibility index (Phi) is 8.49. The van der Waals surface area contributed by atoms with Gasteiger partial charge in [0.25, 0.3) is 0 Å². The van der Waals surface area contributed by atoms with Gasteiger partial charge in [0.1, 0.15) is 5.82 Å². The van der Waals surface area contributed by atoms with Crippen LogP contribution in [0.15, 0.2) is 24.3 Å². The molecule has 0 unspecified atom stereocenters. The summed E-state index contributed by atoms with van der Waals surface area (Å²) in [5.74, 6) is -0.216. The number of hydrogen-bond acceptors (Lipinski definition) is 4. The molecule has 1 saturated carbocycles. The van der Waals surface area contributed by atoms with E-state index in [1.165, 1.54) is 31.4 Å². The van der Waals surface area contributed by atoms with Crippen molar-refractivity contribution >= 4 is 12.0 Å². The van der Waals surface area contributed by atoms with E-state index < -0.39 is 0 Å². The third-order valence-corrected chi connectivity index (χ3v) is 6.12. The number of rotatable bonds is 7. The average Bonchev–Trinajstić information content (AvgIpc) is 2.76. The molecule has 1 aromatic rings. The number of halogens is 1. The van der Waals surface area contributed by atoms with Crippen molar-refractivity contribution in [1.82, 2.24) is 15.1 Å². The molecule has 1 heterocycles. The molecular formula is C23H34FN3O3. The number of carbonyl (C=O) groups is 2. The predicted molar refractivity (Wildman–Crippen MR) is 113 cm³/mol. The third kappa shape index (κ3) is 6.69. The first-order valence-corrected chi connectivity index (χ1v) is 11.2. The number of likely N-dealkylation sites (tertiary alicyclic amines) is 1. The van der Waals surface area contributed by atoms with Gasteiger partial charge in [-0.1, -0.05) is 31.4 Å². The van der Waals surface area contributed by atoms with Gasteiger partial charge in [-0.3, -0.25) is 9.69 Å². The summed E-state index contributed by atoms with van der Waals surface area (Å²) >= 11 is 0. The molecule has 166 valence electrons. The highest BCUT2D eigenvalue weighted by molar-refractivity contribution is 5.78. The van der Waals surface area contributed by atoms with E-state index in [-0.39, 0.29) is 23.9 Å². The molecule has 6 nitrogen and oxygen atoms in total. The Morgan fingerprint density at radius 3 is 2.40 bits per heavy atom. The van der Waals surface area contributed by atoms with E-state index in [2.05, 4.69) is 10.2 Å². The Morgan fingerprint density at radius 2 is 1.77 bits per heavy atom. The van der Waals surface area contributed by atoms with Crippen molar-refractivity contribution in [1.29, 1.82) is 0 Å². The maximum Gasteiger partial charge on any atom is 0.409 e. The number of nitrogens with one attached hydrogen (secondary N) is 1. The van der Waals surface area contributed by atoms with E-state index in [1.54, 1.807) is 24.0 Å². The summed E-state index contributed by atoms with van der Waals surface area (Å²) in [6, 6.07) is 7.03. The van der Waals surface area contributed by atoms with Crippen LogP contribution in [0.25, 0.3) is 0 Å². The van der Waals surface area contributed by atoms with Crippen LogP contribution in [0.2, 0.25) is 0 Å². The monoisotopic (exact) mass is 419 g/mol. The molecule has 2 aliphatic rings. The van der Waals surface area contributed by atoms with Crippen molar-refractivity contribution < 1.29 is 18.7 Å². The molecule has 1 aliphatic heterocycles. The minimum Gasteiger partial charge on any atom is -0.450 e. The van der Waals surface area contributed by atoms with E-state index in [9.17, 15) is 14.0 Å². The normalized spacial score (nSPS) is 18.4. The molecule has 0 bridgehead atoms. The molecule has 1 N–H and O–H groups in total. The summed E-state index contributed by atoms with van der Waals surface area (Å²) in [6.07, 6.45) is 7.06. The van der Waals surface area contributed by atoms with Gasteiger partial charge in [0, 0.05) is 31.7 Å². The third-order valence-electron chi connectivity index (χ3n) is 6.12. The summed E-state index contributed by atoms with van der Waals surface area (Å²) in [7, 11) is 0. The Morgan fingerprint density at radius 1 is 1.10 bits per heavy atom. The highest BCUT2D eigenvalue weighted by Gasteiger charge is 2.27. The highest BCUT2D eigenvalue weighted by atomic mass is 19.1. The summed E-state index contributed by atoms with van der Waals surface area (Å²) in [5.41, 5.74) is 1.03. The summed E-state index contributed by atoms with van der Waals surface area (Å²) in [4.78, 5) is 28.6. The second-order valence-corrected chi connectivity index (χ2v) is 8.35. The Balaban J connectivity index is 1.52. The van der Waals surface area contributed by atoms with Gasteiger partial charge in [-0.2, -0.15) is 0 Å². The van der Waals surface area contributed by atoms with E-state index in [0.29, 0.717) is 38.8 Å². The van der Waals surface area contributed by atoms with Crippen molar-refractivity contribution in [2.75, 3.05) is 26.2 Å². The maximum atomic E-state index is 13.3. The summed E-state index contributed by atoms with van der Waals surface area (Å²) in [6.45, 7) is 4.38. The fourth-order valence-corrected chi connectivity index (χ4v) is 4.46. The van der Waals surface area contributed by atoms with Gasteiger partial charge >= 0.3 is 6.09 Å². The largest absolute Gasteiger partial charge is 0.450 e. The zero-order chi connectivity index (χ0) is 21.3. The van der Waals surface area contributed by atoms with Crippen molar-refractivity contribution in [3.8, 4) is 0 Å². The van der Waals surface area contributed by atoms with Crippen LogP contribution in [0, 0.1) is 5.82 Å². The van der Waals surface area contributed by atoms with Crippen LogP contribution in [-0.2, 0) is 16.1 Å². The lowest BCUT2D eigenvalue weighted by Gasteiger charge is -2.35. The smallest absolute Gasteiger partial charge is 0.409 e. The average molecular weight is 420 g/mol. The molecular weight excluding hydrogens is 385 g/mol. The van der Waals surface area contributed by atoms with Gasteiger partial charge in [-0.25, -0.2) is 9.18 Å². The van der Waals surface area contributed by atoms with Crippen molar-refractivity contribution in [3.63, 3.8) is 0 Å². The minimum atomic E-state index is -0.273. The number of hydrogen-bond donors (Lipinski definition) is 1. The zero-order valence-electron chi connectivity index (χ0n) is 17.9. The molecule has 0 spiro atoms. The molecule has 0 radical (unpaired) electrons. The summed E-state index contributed by atoms with van der Waals surface area (Å²) < 4.78 is 18.3. The Labute approximate surface area is 178 Å². The van der Waals surface area contributed by atoms with Crippen molar-refractivity contribution in [3.05, 3.63) is 35.6 Å². The predicted octanol–water partition coefficient (Wildman–Crippen LogP) is 3.70. The first-order chi connectivity index (χ1) is 14.5. The highest BCUT2D eigenvalue weighted by Crippen LogP contribution is 2.24. The van der Waals surface area contributed by atoms with E-state index in [0.717, 1.165) is 31.2 Å². The second kappa shape index (κ2) is 11.3. The van der Waals surface area contributed by atoms with Crippen LogP contribution in [0.4, 0.5) is 9.18 Å². The van der Waals surface area contributed by atoms with Crippen molar-refractivity contribution in [2.45, 2.75) is 70.5 Å². The van der Waals surface area contributed by atoms with E-state index in [4.69, 9.17) is 4.74 Å². The lowest BCUT2D eigenvalue weighted by molar-refractivity contribution is -0.124.